The fourth-order valence-electron chi connectivity index (χ4n) is 4.40. The summed E-state index contributed by atoms with van der Waals surface area (Å²) in [6.45, 7) is 4.41. The summed E-state index contributed by atoms with van der Waals surface area (Å²) in [4.78, 5) is 10.1. The van der Waals surface area contributed by atoms with Crippen molar-refractivity contribution in [2.75, 3.05) is 74.9 Å². The van der Waals surface area contributed by atoms with Crippen LogP contribution in [-0.4, -0.2) is 96.7 Å². The lowest BCUT2D eigenvalue weighted by atomic mass is 10.0. The van der Waals surface area contributed by atoms with Crippen LogP contribution >= 0.6 is 7.82 Å². The first kappa shape index (κ1) is 40.9. The number of methoxy groups -OCH3 is 2. The van der Waals surface area contributed by atoms with E-state index in [9.17, 15) is 9.46 Å². The van der Waals surface area contributed by atoms with Gasteiger partial charge in [-0.05, 0) is 25.7 Å². The molecule has 0 aromatic carbocycles. The second-order valence-corrected chi connectivity index (χ2v) is 13.6. The van der Waals surface area contributed by atoms with Crippen LogP contribution in [0.4, 0.5) is 0 Å². The lowest BCUT2D eigenvalue weighted by Crippen LogP contribution is -2.37. The SMILES string of the molecule is CCCCCCCCCCCCCCCCOCC(COP(=O)(O)OCC[N+](C)(C)C)OCCCCC(OC)OC. The van der Waals surface area contributed by atoms with Gasteiger partial charge >= 0.3 is 7.82 Å². The van der Waals surface area contributed by atoms with Gasteiger partial charge in [-0.25, -0.2) is 4.57 Å². The van der Waals surface area contributed by atoms with E-state index in [1.54, 1.807) is 14.2 Å². The maximum atomic E-state index is 12.3. The Bertz CT molecular complexity index is 601. The zero-order valence-corrected chi connectivity index (χ0v) is 28.5. The quantitative estimate of drug-likeness (QED) is 0.0361. The molecule has 0 fully saturated rings. The van der Waals surface area contributed by atoms with Crippen molar-refractivity contribution in [2.45, 2.75) is 128 Å². The molecule has 0 aliphatic carbocycles. The molecule has 0 saturated heterocycles. The van der Waals surface area contributed by atoms with Gasteiger partial charge in [0.2, 0.25) is 0 Å². The Morgan fingerprint density at radius 2 is 1.17 bits per heavy atom. The summed E-state index contributed by atoms with van der Waals surface area (Å²) < 4.78 is 45.6. The lowest BCUT2D eigenvalue weighted by molar-refractivity contribution is -0.870. The van der Waals surface area contributed by atoms with Gasteiger partial charge in [0.05, 0.1) is 34.4 Å². The van der Waals surface area contributed by atoms with Crippen LogP contribution in [0.25, 0.3) is 0 Å². The van der Waals surface area contributed by atoms with E-state index >= 15 is 0 Å². The molecule has 1 N–H and O–H groups in total. The molecule has 0 aliphatic heterocycles. The van der Waals surface area contributed by atoms with Crippen molar-refractivity contribution in [3.8, 4) is 0 Å². The van der Waals surface area contributed by atoms with Crippen molar-refractivity contribution >= 4 is 7.82 Å². The highest BCUT2D eigenvalue weighted by molar-refractivity contribution is 7.47. The second-order valence-electron chi connectivity index (χ2n) is 12.2. The highest BCUT2D eigenvalue weighted by Crippen LogP contribution is 2.43. The van der Waals surface area contributed by atoms with E-state index in [0.29, 0.717) is 30.8 Å². The van der Waals surface area contributed by atoms with Crippen molar-refractivity contribution in [1.82, 2.24) is 0 Å². The Hall–Kier alpha value is -0.0900. The molecule has 9 nitrogen and oxygen atoms in total. The van der Waals surface area contributed by atoms with Crippen LogP contribution in [0.3, 0.4) is 0 Å². The van der Waals surface area contributed by atoms with Gasteiger partial charge in [0.15, 0.2) is 6.29 Å². The van der Waals surface area contributed by atoms with Crippen LogP contribution < -0.4 is 0 Å². The van der Waals surface area contributed by atoms with Crippen LogP contribution in [0.2, 0.25) is 0 Å². The first-order valence-electron chi connectivity index (χ1n) is 16.3. The summed E-state index contributed by atoms with van der Waals surface area (Å²) in [5, 5.41) is 0. The number of rotatable bonds is 32. The smallest absolute Gasteiger partial charge is 0.379 e. The van der Waals surface area contributed by atoms with E-state index in [4.69, 9.17) is 28.0 Å². The Morgan fingerprint density at radius 3 is 1.68 bits per heavy atom. The summed E-state index contributed by atoms with van der Waals surface area (Å²) in [6.07, 6.45) is 20.3. The predicted octanol–water partition coefficient (Wildman–Crippen LogP) is 7.50. The second kappa shape index (κ2) is 27.5. The van der Waals surface area contributed by atoms with Gasteiger partial charge in [0, 0.05) is 27.4 Å². The zero-order chi connectivity index (χ0) is 30.7. The maximum Gasteiger partial charge on any atom is 0.472 e. The number of nitrogens with zero attached hydrogens (tertiary/aromatic N) is 1. The van der Waals surface area contributed by atoms with E-state index in [1.165, 1.54) is 77.0 Å². The van der Waals surface area contributed by atoms with Gasteiger partial charge < -0.3 is 28.3 Å². The van der Waals surface area contributed by atoms with Crippen LogP contribution in [-0.2, 0) is 32.6 Å². The van der Waals surface area contributed by atoms with E-state index < -0.39 is 13.9 Å². The molecule has 0 bridgehead atoms. The summed E-state index contributed by atoms with van der Waals surface area (Å²) >= 11 is 0. The number of hydrogen-bond donors (Lipinski definition) is 1. The van der Waals surface area contributed by atoms with Crippen molar-refractivity contribution in [3.63, 3.8) is 0 Å². The van der Waals surface area contributed by atoms with Gasteiger partial charge in [-0.2, -0.15) is 0 Å². The zero-order valence-electron chi connectivity index (χ0n) is 27.6. The van der Waals surface area contributed by atoms with E-state index in [0.717, 1.165) is 32.1 Å². The number of hydrogen-bond acceptors (Lipinski definition) is 7. The molecule has 0 spiro atoms. The number of unbranched alkanes of at least 4 members (excludes halogenated alkanes) is 14. The Balaban J connectivity index is 4.12. The normalized spacial score (nSPS) is 14.5. The van der Waals surface area contributed by atoms with Crippen molar-refractivity contribution in [2.24, 2.45) is 0 Å². The minimum absolute atomic E-state index is 0.0599. The van der Waals surface area contributed by atoms with Crippen molar-refractivity contribution in [1.29, 1.82) is 0 Å². The summed E-state index contributed by atoms with van der Waals surface area (Å²) in [7, 11) is 5.08. The Labute approximate surface area is 253 Å². The van der Waals surface area contributed by atoms with Crippen LogP contribution in [0, 0.1) is 0 Å². The highest BCUT2D eigenvalue weighted by Gasteiger charge is 2.25. The summed E-state index contributed by atoms with van der Waals surface area (Å²) in [5.41, 5.74) is 0. The van der Waals surface area contributed by atoms with Crippen LogP contribution in [0.1, 0.15) is 116 Å². The molecule has 41 heavy (non-hydrogen) atoms. The van der Waals surface area contributed by atoms with E-state index in [1.807, 2.05) is 21.1 Å². The number of phosphoric acid groups is 1. The van der Waals surface area contributed by atoms with E-state index in [-0.39, 0.29) is 19.5 Å². The lowest BCUT2D eigenvalue weighted by Gasteiger charge is -2.24. The molecule has 0 heterocycles. The van der Waals surface area contributed by atoms with Gasteiger partial charge in [-0.3, -0.25) is 9.05 Å². The molecule has 0 saturated carbocycles. The molecule has 10 heteroatoms. The molecule has 248 valence electrons. The molecule has 0 amide bonds. The minimum atomic E-state index is -4.15. The third kappa shape index (κ3) is 29.7. The number of likely N-dealkylation sites (N-methyl/N-ethyl adjacent to an activating group) is 1. The molecular weight excluding hydrogens is 545 g/mol. The topological polar surface area (TPSA) is 92.7 Å². The average Bonchev–Trinajstić information content (AvgIpc) is 2.92. The van der Waals surface area contributed by atoms with Gasteiger partial charge in [-0.15, -0.1) is 0 Å². The molecule has 2 atom stereocenters. The first-order valence-corrected chi connectivity index (χ1v) is 17.8. The number of quaternary nitrogens is 1. The molecule has 0 aromatic rings. The van der Waals surface area contributed by atoms with E-state index in [2.05, 4.69) is 6.92 Å². The number of phosphoric ester groups is 1. The standard InChI is InChI=1S/C31H66NO8P/c1-7-8-9-10-11-12-13-14-15-16-17-18-19-21-25-37-28-30(38-26-22-20-23-31(35-5)36-6)29-40-41(33,34)39-27-24-32(2,3)4/h30-31H,7-29H2,1-6H3/p+1. The highest BCUT2D eigenvalue weighted by atomic mass is 31.2. The van der Waals surface area contributed by atoms with Gasteiger partial charge in [0.25, 0.3) is 0 Å². The predicted molar refractivity (Wildman–Crippen MR) is 167 cm³/mol. The third-order valence-corrected chi connectivity index (χ3v) is 8.08. The van der Waals surface area contributed by atoms with Crippen LogP contribution in [0.5, 0.6) is 0 Å². The summed E-state index contributed by atoms with van der Waals surface area (Å²) in [5.74, 6) is 0. The summed E-state index contributed by atoms with van der Waals surface area (Å²) in [6, 6.07) is 0. The molecule has 2 unspecified atom stereocenters. The van der Waals surface area contributed by atoms with Gasteiger partial charge in [0.1, 0.15) is 19.3 Å². The molecular formula is C31H67NO8P+. The molecule has 0 aliphatic rings. The Kier molecular flexibility index (Phi) is 27.4. The minimum Gasteiger partial charge on any atom is -0.379 e. The van der Waals surface area contributed by atoms with Gasteiger partial charge in [-0.1, -0.05) is 90.4 Å². The first-order chi connectivity index (χ1) is 19.6. The maximum absolute atomic E-state index is 12.3. The average molecular weight is 613 g/mol. The fraction of sp³-hybridized carbons (Fsp3) is 1.00. The van der Waals surface area contributed by atoms with Crippen LogP contribution in [0.15, 0.2) is 0 Å². The monoisotopic (exact) mass is 612 g/mol. The number of ether oxygens (including phenoxy) is 4. The third-order valence-electron chi connectivity index (χ3n) is 7.10. The fourth-order valence-corrected chi connectivity index (χ4v) is 5.14. The largest absolute Gasteiger partial charge is 0.472 e. The Morgan fingerprint density at radius 1 is 0.659 bits per heavy atom. The molecule has 0 radical (unpaired) electrons. The van der Waals surface area contributed by atoms with Crippen molar-refractivity contribution in [3.05, 3.63) is 0 Å². The van der Waals surface area contributed by atoms with Crippen molar-refractivity contribution < 1.29 is 41.9 Å². The molecule has 0 aromatic heterocycles. The molecule has 0 rings (SSSR count).